The fourth-order valence-electron chi connectivity index (χ4n) is 2.19. The first-order chi connectivity index (χ1) is 10.8. The molecule has 0 aliphatic carbocycles. The average molecular weight is 294 g/mol. The molecule has 108 valence electrons. The Bertz CT molecular complexity index is 812. The lowest BCUT2D eigenvalue weighted by Gasteiger charge is -1.98. The van der Waals surface area contributed by atoms with Gasteiger partial charge in [-0.1, -0.05) is 6.07 Å². The molecule has 3 heterocycles. The third-order valence-electron chi connectivity index (χ3n) is 3.25. The zero-order valence-electron chi connectivity index (χ0n) is 11.4. The molecule has 22 heavy (non-hydrogen) atoms. The van der Waals surface area contributed by atoms with Gasteiger partial charge in [0.2, 0.25) is 12.7 Å². The summed E-state index contributed by atoms with van der Waals surface area (Å²) in [6.07, 6.45) is 4.88. The average Bonchev–Trinajstić information content (AvgIpc) is 3.15. The van der Waals surface area contributed by atoms with Gasteiger partial charge in [0, 0.05) is 18.0 Å². The predicted octanol–water partition coefficient (Wildman–Crippen LogP) is 2.15. The highest BCUT2D eigenvalue weighted by Gasteiger charge is 2.24. The number of aromatic nitrogens is 1. The Morgan fingerprint density at radius 2 is 1.86 bits per heavy atom. The van der Waals surface area contributed by atoms with Crippen molar-refractivity contribution in [3.8, 4) is 11.5 Å². The second kappa shape index (κ2) is 5.00. The van der Waals surface area contributed by atoms with Crippen molar-refractivity contribution in [3.63, 3.8) is 0 Å². The summed E-state index contributed by atoms with van der Waals surface area (Å²) >= 11 is 0. The fourth-order valence-corrected chi connectivity index (χ4v) is 2.19. The molecule has 0 saturated carbocycles. The van der Waals surface area contributed by atoms with Gasteiger partial charge in [0.05, 0.1) is 0 Å². The number of hydrogen-bond donors (Lipinski definition) is 0. The largest absolute Gasteiger partial charge is 0.454 e. The minimum absolute atomic E-state index is 0.210. The van der Waals surface area contributed by atoms with Gasteiger partial charge in [-0.2, -0.15) is 0 Å². The van der Waals surface area contributed by atoms with E-state index in [1.807, 2.05) is 6.07 Å². The van der Waals surface area contributed by atoms with Gasteiger partial charge in [-0.25, -0.2) is 9.79 Å². The van der Waals surface area contributed by atoms with E-state index in [0.29, 0.717) is 17.1 Å². The van der Waals surface area contributed by atoms with Crippen LogP contribution in [0.5, 0.6) is 11.5 Å². The van der Waals surface area contributed by atoms with Crippen molar-refractivity contribution < 1.29 is 19.0 Å². The van der Waals surface area contributed by atoms with E-state index >= 15 is 0 Å². The molecular formula is C16H10N2O4. The van der Waals surface area contributed by atoms with Crippen LogP contribution in [-0.4, -0.2) is 23.6 Å². The van der Waals surface area contributed by atoms with E-state index in [2.05, 4.69) is 9.98 Å². The number of carbonyl (C=O) groups excluding carboxylic acids is 1. The van der Waals surface area contributed by atoms with Crippen molar-refractivity contribution in [3.05, 3.63) is 59.5 Å². The Kier molecular flexibility index (Phi) is 2.86. The maximum Gasteiger partial charge on any atom is 0.363 e. The van der Waals surface area contributed by atoms with Gasteiger partial charge in [0.1, 0.15) is 0 Å². The summed E-state index contributed by atoms with van der Waals surface area (Å²) in [7, 11) is 0. The lowest BCUT2D eigenvalue weighted by molar-refractivity contribution is -0.129. The highest BCUT2D eigenvalue weighted by atomic mass is 16.7. The number of nitrogens with zero attached hydrogens (tertiary/aromatic N) is 2. The number of cyclic esters (lactones) is 1. The molecule has 2 aliphatic heterocycles. The number of ether oxygens (including phenoxy) is 3. The Labute approximate surface area is 125 Å². The molecule has 0 bridgehead atoms. The van der Waals surface area contributed by atoms with Crippen LogP contribution >= 0.6 is 0 Å². The van der Waals surface area contributed by atoms with Crippen LogP contribution in [0.1, 0.15) is 11.1 Å². The highest BCUT2D eigenvalue weighted by molar-refractivity contribution is 6.12. The number of fused-ring (bicyclic) bond motifs is 1. The zero-order valence-corrected chi connectivity index (χ0v) is 11.4. The topological polar surface area (TPSA) is 70.0 Å². The van der Waals surface area contributed by atoms with Gasteiger partial charge in [0.25, 0.3) is 0 Å². The number of esters is 1. The Hall–Kier alpha value is -3.15. The number of pyridine rings is 1. The van der Waals surface area contributed by atoms with Crippen LogP contribution in [0, 0.1) is 0 Å². The first-order valence-corrected chi connectivity index (χ1v) is 6.62. The van der Waals surface area contributed by atoms with E-state index in [0.717, 1.165) is 5.56 Å². The first-order valence-electron chi connectivity index (χ1n) is 6.62. The van der Waals surface area contributed by atoms with Gasteiger partial charge < -0.3 is 14.2 Å². The maximum absolute atomic E-state index is 11.9. The smallest absolute Gasteiger partial charge is 0.363 e. The number of carbonyl (C=O) groups is 1. The molecule has 0 spiro atoms. The standard InChI is InChI=1S/C16H10N2O4/c19-16-12(18-15(22-16)11-3-5-17-6-4-11)7-10-1-2-13-14(8-10)21-9-20-13/h1-8H,9H2/b12-7-. The molecule has 0 N–H and O–H groups in total. The molecule has 0 saturated heterocycles. The molecule has 6 heteroatoms. The van der Waals surface area contributed by atoms with Gasteiger partial charge in [-0.05, 0) is 35.9 Å². The molecule has 0 amide bonds. The second-order valence-corrected chi connectivity index (χ2v) is 4.68. The van der Waals surface area contributed by atoms with Crippen LogP contribution in [0.4, 0.5) is 0 Å². The Morgan fingerprint density at radius 1 is 1.05 bits per heavy atom. The maximum atomic E-state index is 11.9. The third kappa shape index (κ3) is 2.20. The fraction of sp³-hybridized carbons (Fsp3) is 0.0625. The normalized spacial score (nSPS) is 17.5. The summed E-state index contributed by atoms with van der Waals surface area (Å²) in [5.41, 5.74) is 1.74. The van der Waals surface area contributed by atoms with Crippen molar-refractivity contribution >= 4 is 17.9 Å². The Balaban J connectivity index is 1.67. The molecular weight excluding hydrogens is 284 g/mol. The van der Waals surface area contributed by atoms with E-state index in [1.165, 1.54) is 0 Å². The zero-order chi connectivity index (χ0) is 14.9. The summed E-state index contributed by atoms with van der Waals surface area (Å²) in [5.74, 6) is 1.14. The highest BCUT2D eigenvalue weighted by Crippen LogP contribution is 2.33. The summed E-state index contributed by atoms with van der Waals surface area (Å²) in [6, 6.07) is 8.88. The monoisotopic (exact) mass is 294 g/mol. The molecule has 0 radical (unpaired) electrons. The van der Waals surface area contributed by atoms with Gasteiger partial charge in [0.15, 0.2) is 17.2 Å². The molecule has 6 nitrogen and oxygen atoms in total. The van der Waals surface area contributed by atoms with Crippen LogP contribution < -0.4 is 9.47 Å². The van der Waals surface area contributed by atoms with Crippen molar-refractivity contribution in [1.29, 1.82) is 0 Å². The number of rotatable bonds is 2. The summed E-state index contributed by atoms with van der Waals surface area (Å²) in [5, 5.41) is 0. The predicted molar refractivity (Wildman–Crippen MR) is 77.4 cm³/mol. The second-order valence-electron chi connectivity index (χ2n) is 4.68. The van der Waals surface area contributed by atoms with Crippen molar-refractivity contribution in [2.24, 2.45) is 4.99 Å². The van der Waals surface area contributed by atoms with Gasteiger partial charge in [-0.15, -0.1) is 0 Å². The number of benzene rings is 1. The lowest BCUT2D eigenvalue weighted by Crippen LogP contribution is -2.05. The lowest BCUT2D eigenvalue weighted by atomic mass is 10.1. The summed E-state index contributed by atoms with van der Waals surface area (Å²) in [6.45, 7) is 0.210. The Morgan fingerprint density at radius 3 is 2.73 bits per heavy atom. The van der Waals surface area contributed by atoms with Crippen molar-refractivity contribution in [1.82, 2.24) is 4.98 Å². The van der Waals surface area contributed by atoms with E-state index < -0.39 is 5.97 Å². The van der Waals surface area contributed by atoms with Crippen LogP contribution in [-0.2, 0) is 9.53 Å². The molecule has 2 aliphatic rings. The van der Waals surface area contributed by atoms with Crippen LogP contribution in [0.2, 0.25) is 0 Å². The summed E-state index contributed by atoms with van der Waals surface area (Å²) < 4.78 is 15.7. The molecule has 0 atom stereocenters. The van der Waals surface area contributed by atoms with Crippen molar-refractivity contribution in [2.45, 2.75) is 0 Å². The minimum Gasteiger partial charge on any atom is -0.454 e. The first kappa shape index (κ1) is 12.6. The van der Waals surface area contributed by atoms with Crippen LogP contribution in [0.25, 0.3) is 6.08 Å². The quantitative estimate of drug-likeness (QED) is 0.627. The van der Waals surface area contributed by atoms with Crippen molar-refractivity contribution in [2.75, 3.05) is 6.79 Å². The SMILES string of the molecule is O=C1OC(c2ccncc2)=N/C1=C\c1ccc2c(c1)OCO2. The molecule has 4 rings (SSSR count). The van der Waals surface area contributed by atoms with Crippen LogP contribution in [0.15, 0.2) is 53.4 Å². The van der Waals surface area contributed by atoms with Gasteiger partial charge in [-0.3, -0.25) is 4.98 Å². The van der Waals surface area contributed by atoms with Gasteiger partial charge >= 0.3 is 5.97 Å². The minimum atomic E-state index is -0.482. The van der Waals surface area contributed by atoms with E-state index in [9.17, 15) is 4.79 Å². The van der Waals surface area contributed by atoms with E-state index in [-0.39, 0.29) is 18.4 Å². The molecule has 2 aromatic rings. The van der Waals surface area contributed by atoms with Crippen LogP contribution in [0.3, 0.4) is 0 Å². The van der Waals surface area contributed by atoms with E-state index in [1.54, 1.807) is 42.7 Å². The summed E-state index contributed by atoms with van der Waals surface area (Å²) in [4.78, 5) is 20.1. The number of hydrogen-bond acceptors (Lipinski definition) is 6. The third-order valence-corrected chi connectivity index (χ3v) is 3.25. The number of aliphatic imine (C=N–C) groups is 1. The molecule has 1 aromatic heterocycles. The van der Waals surface area contributed by atoms with E-state index in [4.69, 9.17) is 14.2 Å². The molecule has 0 unspecified atom stereocenters. The molecule has 1 aromatic carbocycles. The molecule has 0 fully saturated rings.